The molecule has 0 spiro atoms. The average Bonchev–Trinajstić information content (AvgIpc) is 2.76. The van der Waals surface area contributed by atoms with Gasteiger partial charge in [-0.1, -0.05) is 62.8 Å². The Kier molecular flexibility index (Phi) is 5.35. The minimum atomic E-state index is 0.407. The van der Waals surface area contributed by atoms with Crippen LogP contribution >= 0.6 is 0 Å². The topological polar surface area (TPSA) is 26.0 Å². The van der Waals surface area contributed by atoms with Crippen molar-refractivity contribution in [1.29, 1.82) is 0 Å². The van der Waals surface area contributed by atoms with E-state index in [-0.39, 0.29) is 0 Å². The molecule has 1 nitrogen and oxygen atoms in total. The lowest BCUT2D eigenvalue weighted by atomic mass is 9.78. The average molecular weight is 285 g/mol. The number of benzene rings is 1. The predicted molar refractivity (Wildman–Crippen MR) is 90.5 cm³/mol. The van der Waals surface area contributed by atoms with Crippen LogP contribution in [0.1, 0.15) is 81.3 Å². The second-order valence-corrected chi connectivity index (χ2v) is 7.38. The summed E-state index contributed by atoms with van der Waals surface area (Å²) < 4.78 is 0. The summed E-state index contributed by atoms with van der Waals surface area (Å²) in [5.74, 6) is 1.62. The monoisotopic (exact) mass is 285 g/mol. The summed E-state index contributed by atoms with van der Waals surface area (Å²) in [5, 5.41) is 0. The van der Waals surface area contributed by atoms with Crippen LogP contribution in [0.4, 0.5) is 0 Å². The number of rotatable bonds is 4. The molecule has 0 saturated heterocycles. The molecule has 2 N–H and O–H groups in total. The van der Waals surface area contributed by atoms with Crippen molar-refractivity contribution >= 4 is 0 Å². The third-order valence-electron chi connectivity index (χ3n) is 5.69. The Hall–Kier alpha value is -0.820. The molecule has 2 aliphatic rings. The Labute approximate surface area is 130 Å². The second-order valence-electron chi connectivity index (χ2n) is 7.38. The van der Waals surface area contributed by atoms with Gasteiger partial charge >= 0.3 is 0 Å². The van der Waals surface area contributed by atoms with Gasteiger partial charge in [0.15, 0.2) is 0 Å². The lowest BCUT2D eigenvalue weighted by Crippen LogP contribution is -2.27. The molecule has 2 aliphatic carbocycles. The molecule has 1 fully saturated rings. The van der Waals surface area contributed by atoms with E-state index in [1.807, 2.05) is 0 Å². The van der Waals surface area contributed by atoms with E-state index in [1.165, 1.54) is 70.6 Å². The van der Waals surface area contributed by atoms with Crippen molar-refractivity contribution in [2.75, 3.05) is 0 Å². The molecule has 116 valence electrons. The van der Waals surface area contributed by atoms with Gasteiger partial charge in [0.2, 0.25) is 0 Å². The summed E-state index contributed by atoms with van der Waals surface area (Å²) in [6.07, 6.45) is 15.0. The van der Waals surface area contributed by atoms with E-state index >= 15 is 0 Å². The number of nitrogens with two attached hydrogens (primary N) is 1. The van der Waals surface area contributed by atoms with Gasteiger partial charge in [-0.2, -0.15) is 0 Å². The fourth-order valence-corrected chi connectivity index (χ4v) is 4.59. The number of aryl methyl sites for hydroxylation is 1. The molecule has 3 rings (SSSR count). The van der Waals surface area contributed by atoms with E-state index < -0.39 is 0 Å². The van der Waals surface area contributed by atoms with Crippen LogP contribution in [0, 0.1) is 5.92 Å². The van der Waals surface area contributed by atoms with Crippen LogP contribution in [0.2, 0.25) is 0 Å². The van der Waals surface area contributed by atoms with E-state index in [9.17, 15) is 0 Å². The zero-order valence-electron chi connectivity index (χ0n) is 13.4. The normalized spacial score (nSPS) is 25.1. The molecular weight excluding hydrogens is 254 g/mol. The van der Waals surface area contributed by atoms with Crippen LogP contribution in [0.5, 0.6) is 0 Å². The minimum Gasteiger partial charge on any atom is -0.328 e. The van der Waals surface area contributed by atoms with Crippen LogP contribution in [-0.4, -0.2) is 6.04 Å². The Morgan fingerprint density at radius 3 is 2.48 bits per heavy atom. The molecule has 1 heteroatoms. The first-order chi connectivity index (χ1) is 10.3. The van der Waals surface area contributed by atoms with Gasteiger partial charge in [0.1, 0.15) is 0 Å². The van der Waals surface area contributed by atoms with Gasteiger partial charge in [-0.15, -0.1) is 0 Å². The lowest BCUT2D eigenvalue weighted by molar-refractivity contribution is 0.356. The smallest absolute Gasteiger partial charge is 0.00472 e. The maximum Gasteiger partial charge on any atom is 0.00472 e. The molecule has 0 heterocycles. The zero-order chi connectivity index (χ0) is 14.5. The third kappa shape index (κ3) is 4.10. The highest BCUT2D eigenvalue weighted by molar-refractivity contribution is 5.32. The number of fused-ring (bicyclic) bond motifs is 1. The highest BCUT2D eigenvalue weighted by Gasteiger charge is 2.23. The van der Waals surface area contributed by atoms with E-state index in [1.54, 1.807) is 11.1 Å². The molecule has 0 bridgehead atoms. The van der Waals surface area contributed by atoms with Crippen molar-refractivity contribution in [2.24, 2.45) is 11.7 Å². The Balaban J connectivity index is 1.56. The Morgan fingerprint density at radius 1 is 0.905 bits per heavy atom. The minimum absolute atomic E-state index is 0.407. The molecular formula is C20H31N. The molecule has 0 radical (unpaired) electrons. The van der Waals surface area contributed by atoms with Crippen molar-refractivity contribution in [2.45, 2.75) is 82.6 Å². The lowest BCUT2D eigenvalue weighted by Gasteiger charge is -2.29. The number of hydrogen-bond acceptors (Lipinski definition) is 1. The Morgan fingerprint density at radius 2 is 1.67 bits per heavy atom. The van der Waals surface area contributed by atoms with Gasteiger partial charge in [0.05, 0.1) is 0 Å². The van der Waals surface area contributed by atoms with E-state index in [0.29, 0.717) is 6.04 Å². The quantitative estimate of drug-likeness (QED) is 0.757. The van der Waals surface area contributed by atoms with Crippen LogP contribution in [-0.2, 0) is 6.42 Å². The van der Waals surface area contributed by atoms with E-state index in [2.05, 4.69) is 24.3 Å². The molecule has 2 unspecified atom stereocenters. The van der Waals surface area contributed by atoms with Crippen molar-refractivity contribution in [3.63, 3.8) is 0 Å². The first-order valence-electron chi connectivity index (χ1n) is 9.16. The molecule has 0 aromatic heterocycles. The van der Waals surface area contributed by atoms with Gasteiger partial charge in [0.25, 0.3) is 0 Å². The standard InChI is InChI=1S/C20H31N/c21-19(14-16-8-3-1-2-4-9-16)15-18-12-7-11-17-10-5-6-13-20(17)18/h5-6,10,13,16,18-19H,1-4,7-9,11-12,14-15,21H2. The van der Waals surface area contributed by atoms with Crippen molar-refractivity contribution in [3.05, 3.63) is 35.4 Å². The first kappa shape index (κ1) is 15.1. The van der Waals surface area contributed by atoms with Crippen LogP contribution in [0.15, 0.2) is 24.3 Å². The Bertz CT molecular complexity index is 431. The summed E-state index contributed by atoms with van der Waals surface area (Å²) in [6.45, 7) is 0. The highest BCUT2D eigenvalue weighted by atomic mass is 14.6. The maximum atomic E-state index is 6.54. The van der Waals surface area contributed by atoms with Gasteiger partial charge in [0, 0.05) is 6.04 Å². The van der Waals surface area contributed by atoms with Crippen molar-refractivity contribution < 1.29 is 0 Å². The summed E-state index contributed by atoms with van der Waals surface area (Å²) in [6, 6.07) is 9.46. The molecule has 0 amide bonds. The van der Waals surface area contributed by atoms with Crippen molar-refractivity contribution in [1.82, 2.24) is 0 Å². The van der Waals surface area contributed by atoms with Crippen LogP contribution in [0.25, 0.3) is 0 Å². The van der Waals surface area contributed by atoms with Gasteiger partial charge < -0.3 is 5.73 Å². The summed E-state index contributed by atoms with van der Waals surface area (Å²) >= 11 is 0. The second kappa shape index (κ2) is 7.45. The highest BCUT2D eigenvalue weighted by Crippen LogP contribution is 2.36. The first-order valence-corrected chi connectivity index (χ1v) is 9.16. The molecule has 1 saturated carbocycles. The molecule has 2 atom stereocenters. The summed E-state index contributed by atoms with van der Waals surface area (Å²) in [4.78, 5) is 0. The molecule has 1 aromatic carbocycles. The van der Waals surface area contributed by atoms with Crippen LogP contribution < -0.4 is 5.73 Å². The third-order valence-corrected chi connectivity index (χ3v) is 5.69. The van der Waals surface area contributed by atoms with E-state index in [4.69, 9.17) is 5.73 Å². The molecule has 21 heavy (non-hydrogen) atoms. The zero-order valence-corrected chi connectivity index (χ0v) is 13.4. The fraction of sp³-hybridized carbons (Fsp3) is 0.700. The number of hydrogen-bond donors (Lipinski definition) is 1. The summed E-state index contributed by atoms with van der Waals surface area (Å²) in [5.41, 5.74) is 9.72. The SMILES string of the molecule is NC(CC1CCCCCC1)CC1CCCc2ccccc21. The van der Waals surface area contributed by atoms with Gasteiger partial charge in [-0.05, 0) is 55.1 Å². The molecule has 1 aromatic rings. The van der Waals surface area contributed by atoms with Crippen molar-refractivity contribution in [3.8, 4) is 0 Å². The van der Waals surface area contributed by atoms with Gasteiger partial charge in [-0.25, -0.2) is 0 Å². The largest absolute Gasteiger partial charge is 0.328 e. The predicted octanol–water partition coefficient (Wildman–Crippen LogP) is 5.18. The molecule has 0 aliphatic heterocycles. The maximum absolute atomic E-state index is 6.54. The van der Waals surface area contributed by atoms with Crippen LogP contribution in [0.3, 0.4) is 0 Å². The fourth-order valence-electron chi connectivity index (χ4n) is 4.59. The summed E-state index contributed by atoms with van der Waals surface area (Å²) in [7, 11) is 0. The van der Waals surface area contributed by atoms with E-state index in [0.717, 1.165) is 11.8 Å². The van der Waals surface area contributed by atoms with Gasteiger partial charge in [-0.3, -0.25) is 0 Å².